The van der Waals surface area contributed by atoms with Crippen molar-refractivity contribution in [3.05, 3.63) is 29.8 Å². The third-order valence-corrected chi connectivity index (χ3v) is 4.93. The van der Waals surface area contributed by atoms with E-state index < -0.39 is 9.84 Å². The van der Waals surface area contributed by atoms with Crippen LogP contribution in [0.2, 0.25) is 0 Å². The van der Waals surface area contributed by atoms with Gasteiger partial charge in [0.15, 0.2) is 9.84 Å². The lowest BCUT2D eigenvalue weighted by molar-refractivity contribution is 0.335. The SMILES string of the molecule is CC(C)S(=O)(=O)CCOc1ccccc1[C@@H](C)N. The minimum Gasteiger partial charge on any atom is -0.492 e. The second-order valence-corrected chi connectivity index (χ2v) is 7.27. The lowest BCUT2D eigenvalue weighted by Crippen LogP contribution is -2.22. The van der Waals surface area contributed by atoms with Gasteiger partial charge in [0.2, 0.25) is 0 Å². The van der Waals surface area contributed by atoms with E-state index in [1.165, 1.54) is 0 Å². The fourth-order valence-corrected chi connectivity index (χ4v) is 2.28. The summed E-state index contributed by atoms with van der Waals surface area (Å²) in [5.74, 6) is 0.685. The molecule has 0 saturated heterocycles. The maximum absolute atomic E-state index is 11.6. The second-order valence-electron chi connectivity index (χ2n) is 4.59. The van der Waals surface area contributed by atoms with Crippen molar-refractivity contribution >= 4 is 9.84 Å². The van der Waals surface area contributed by atoms with Crippen LogP contribution in [0.4, 0.5) is 0 Å². The summed E-state index contributed by atoms with van der Waals surface area (Å²) in [4.78, 5) is 0. The summed E-state index contributed by atoms with van der Waals surface area (Å²) in [6.45, 7) is 5.37. The molecule has 1 rings (SSSR count). The van der Waals surface area contributed by atoms with Gasteiger partial charge >= 0.3 is 0 Å². The molecule has 0 aliphatic carbocycles. The number of hydrogen-bond acceptors (Lipinski definition) is 4. The predicted molar refractivity (Wildman–Crippen MR) is 73.5 cm³/mol. The van der Waals surface area contributed by atoms with Gasteiger partial charge in [0, 0.05) is 11.6 Å². The zero-order valence-electron chi connectivity index (χ0n) is 11.1. The molecule has 1 atom stereocenters. The van der Waals surface area contributed by atoms with Gasteiger partial charge in [-0.25, -0.2) is 8.42 Å². The molecule has 0 aliphatic rings. The van der Waals surface area contributed by atoms with E-state index in [0.717, 1.165) is 5.56 Å². The van der Waals surface area contributed by atoms with Crippen LogP contribution in [-0.2, 0) is 9.84 Å². The van der Waals surface area contributed by atoms with Crippen molar-refractivity contribution in [1.29, 1.82) is 0 Å². The number of ether oxygens (including phenoxy) is 1. The Morgan fingerprint density at radius 1 is 1.22 bits per heavy atom. The van der Waals surface area contributed by atoms with E-state index in [1.807, 2.05) is 25.1 Å². The third-order valence-electron chi connectivity index (χ3n) is 2.75. The van der Waals surface area contributed by atoms with Gasteiger partial charge in [-0.15, -0.1) is 0 Å². The first-order chi connectivity index (χ1) is 8.34. The van der Waals surface area contributed by atoms with Gasteiger partial charge in [-0.2, -0.15) is 0 Å². The largest absolute Gasteiger partial charge is 0.492 e. The zero-order chi connectivity index (χ0) is 13.8. The highest BCUT2D eigenvalue weighted by Crippen LogP contribution is 2.23. The van der Waals surface area contributed by atoms with Gasteiger partial charge < -0.3 is 10.5 Å². The third kappa shape index (κ3) is 3.99. The van der Waals surface area contributed by atoms with E-state index in [2.05, 4.69) is 0 Å². The molecule has 4 nitrogen and oxygen atoms in total. The zero-order valence-corrected chi connectivity index (χ0v) is 11.9. The smallest absolute Gasteiger partial charge is 0.155 e. The maximum atomic E-state index is 11.6. The summed E-state index contributed by atoms with van der Waals surface area (Å²) >= 11 is 0. The summed E-state index contributed by atoms with van der Waals surface area (Å²) in [6, 6.07) is 7.29. The number of para-hydroxylation sites is 1. The van der Waals surface area contributed by atoms with Crippen LogP contribution in [0.25, 0.3) is 0 Å². The molecule has 0 unspecified atom stereocenters. The number of hydrogen-bond donors (Lipinski definition) is 1. The normalized spacial score (nSPS) is 13.6. The molecule has 0 aromatic heterocycles. The molecule has 102 valence electrons. The van der Waals surface area contributed by atoms with E-state index in [1.54, 1.807) is 19.9 Å². The average Bonchev–Trinajstić information content (AvgIpc) is 2.29. The molecule has 1 aromatic carbocycles. The molecule has 0 aliphatic heterocycles. The summed E-state index contributed by atoms with van der Waals surface area (Å²) in [5.41, 5.74) is 6.71. The Morgan fingerprint density at radius 3 is 2.39 bits per heavy atom. The van der Waals surface area contributed by atoms with Crippen LogP contribution in [0, 0.1) is 0 Å². The van der Waals surface area contributed by atoms with E-state index in [0.29, 0.717) is 5.75 Å². The van der Waals surface area contributed by atoms with Crippen molar-refractivity contribution in [2.75, 3.05) is 12.4 Å². The lowest BCUT2D eigenvalue weighted by Gasteiger charge is -2.14. The Hall–Kier alpha value is -1.07. The standard InChI is InChI=1S/C13H21NO3S/c1-10(2)18(15,16)9-8-17-13-7-5-4-6-12(13)11(3)14/h4-7,10-11H,8-9,14H2,1-3H3/t11-/m1/s1. The number of benzene rings is 1. The van der Waals surface area contributed by atoms with Gasteiger partial charge in [-0.1, -0.05) is 18.2 Å². The Bertz CT molecular complexity index is 481. The fourth-order valence-electron chi connectivity index (χ4n) is 1.49. The average molecular weight is 271 g/mol. The Balaban J connectivity index is 2.65. The summed E-state index contributed by atoms with van der Waals surface area (Å²) < 4.78 is 28.8. The van der Waals surface area contributed by atoms with E-state index in [9.17, 15) is 8.42 Å². The first kappa shape index (κ1) is 15.0. The van der Waals surface area contributed by atoms with Gasteiger partial charge in [0.1, 0.15) is 12.4 Å². The monoisotopic (exact) mass is 271 g/mol. The Labute approximate surface area is 109 Å². The quantitative estimate of drug-likeness (QED) is 0.858. The molecule has 5 heteroatoms. The van der Waals surface area contributed by atoms with Crippen molar-refractivity contribution in [3.8, 4) is 5.75 Å². The summed E-state index contributed by atoms with van der Waals surface area (Å²) in [6.07, 6.45) is 0. The molecule has 0 heterocycles. The minimum atomic E-state index is -3.06. The van der Waals surface area contributed by atoms with Crippen molar-refractivity contribution in [2.24, 2.45) is 5.73 Å². The van der Waals surface area contributed by atoms with Crippen LogP contribution < -0.4 is 10.5 Å². The van der Waals surface area contributed by atoms with Gasteiger partial charge in [0.05, 0.1) is 11.0 Å². The highest BCUT2D eigenvalue weighted by atomic mass is 32.2. The van der Waals surface area contributed by atoms with Crippen LogP contribution in [0.3, 0.4) is 0 Å². The van der Waals surface area contributed by atoms with Crippen LogP contribution in [0.5, 0.6) is 5.75 Å². The molecule has 0 radical (unpaired) electrons. The second kappa shape index (κ2) is 6.20. The van der Waals surface area contributed by atoms with E-state index in [4.69, 9.17) is 10.5 Å². The van der Waals surface area contributed by atoms with Gasteiger partial charge in [-0.3, -0.25) is 0 Å². The summed E-state index contributed by atoms with van der Waals surface area (Å²) in [5, 5.41) is -0.371. The predicted octanol–water partition coefficient (Wildman–Crippen LogP) is 1.91. The van der Waals surface area contributed by atoms with Crippen LogP contribution in [-0.4, -0.2) is 26.0 Å². The van der Waals surface area contributed by atoms with Crippen molar-refractivity contribution in [1.82, 2.24) is 0 Å². The minimum absolute atomic E-state index is 0.0257. The lowest BCUT2D eigenvalue weighted by atomic mass is 10.1. The first-order valence-corrected chi connectivity index (χ1v) is 7.75. The molecule has 0 spiro atoms. The molecular formula is C13H21NO3S. The Morgan fingerprint density at radius 2 is 1.83 bits per heavy atom. The molecule has 18 heavy (non-hydrogen) atoms. The maximum Gasteiger partial charge on any atom is 0.155 e. The number of rotatable bonds is 6. The number of nitrogens with two attached hydrogens (primary N) is 1. The summed E-state index contributed by atoms with van der Waals surface area (Å²) in [7, 11) is -3.06. The molecule has 0 saturated carbocycles. The molecule has 2 N–H and O–H groups in total. The van der Waals surface area contributed by atoms with Crippen molar-refractivity contribution < 1.29 is 13.2 Å². The Kier molecular flexibility index (Phi) is 5.16. The highest BCUT2D eigenvalue weighted by Gasteiger charge is 2.16. The van der Waals surface area contributed by atoms with Crippen LogP contribution in [0.1, 0.15) is 32.4 Å². The van der Waals surface area contributed by atoms with E-state index >= 15 is 0 Å². The van der Waals surface area contributed by atoms with Crippen molar-refractivity contribution in [3.63, 3.8) is 0 Å². The molecule has 0 fully saturated rings. The van der Waals surface area contributed by atoms with Gasteiger partial charge in [0.25, 0.3) is 0 Å². The first-order valence-electron chi connectivity index (χ1n) is 6.03. The van der Waals surface area contributed by atoms with E-state index in [-0.39, 0.29) is 23.7 Å². The fraction of sp³-hybridized carbons (Fsp3) is 0.538. The topological polar surface area (TPSA) is 69.4 Å². The van der Waals surface area contributed by atoms with Crippen LogP contribution in [0.15, 0.2) is 24.3 Å². The van der Waals surface area contributed by atoms with Crippen molar-refractivity contribution in [2.45, 2.75) is 32.1 Å². The highest BCUT2D eigenvalue weighted by molar-refractivity contribution is 7.91. The molecule has 1 aromatic rings. The molecule has 0 bridgehead atoms. The molecule has 0 amide bonds. The molecular weight excluding hydrogens is 250 g/mol. The number of sulfone groups is 1. The van der Waals surface area contributed by atoms with Gasteiger partial charge in [-0.05, 0) is 26.8 Å². The van der Waals surface area contributed by atoms with Crippen LogP contribution >= 0.6 is 0 Å².